The molecule has 3 rings (SSSR count). The smallest absolute Gasteiger partial charge is 0.306 e. The highest BCUT2D eigenvalue weighted by molar-refractivity contribution is 5.98. The molecular formula is C24H19FN2O6. The second-order valence-electron chi connectivity index (χ2n) is 7.00. The second-order valence-corrected chi connectivity index (χ2v) is 7.00. The summed E-state index contributed by atoms with van der Waals surface area (Å²) in [7, 11) is 0. The molecule has 0 saturated heterocycles. The van der Waals surface area contributed by atoms with Gasteiger partial charge in [-0.05, 0) is 23.3 Å². The first-order valence-corrected chi connectivity index (χ1v) is 9.91. The van der Waals surface area contributed by atoms with Crippen LogP contribution in [0.25, 0.3) is 11.1 Å². The Morgan fingerprint density at radius 1 is 0.909 bits per heavy atom. The van der Waals surface area contributed by atoms with Crippen molar-refractivity contribution < 1.29 is 28.4 Å². The molecule has 9 heteroatoms. The van der Waals surface area contributed by atoms with Crippen LogP contribution in [0.15, 0.2) is 72.8 Å². The van der Waals surface area contributed by atoms with Gasteiger partial charge in [-0.25, -0.2) is 0 Å². The number of Topliss-reactive ketones (excluding diaryl/α,β-unsaturated/α-hetero) is 1. The summed E-state index contributed by atoms with van der Waals surface area (Å²) in [5.74, 6) is -2.78. The van der Waals surface area contributed by atoms with Crippen molar-refractivity contribution in [2.24, 2.45) is 0 Å². The lowest BCUT2D eigenvalue weighted by atomic mass is 10.0. The molecule has 0 aliphatic carbocycles. The fourth-order valence-corrected chi connectivity index (χ4v) is 2.98. The molecule has 33 heavy (non-hydrogen) atoms. The summed E-state index contributed by atoms with van der Waals surface area (Å²) in [6.45, 7) is -0.649. The summed E-state index contributed by atoms with van der Waals surface area (Å²) < 4.78 is 18.2. The van der Waals surface area contributed by atoms with Gasteiger partial charge < -0.3 is 10.1 Å². The molecular weight excluding hydrogens is 431 g/mol. The zero-order chi connectivity index (χ0) is 23.8. The van der Waals surface area contributed by atoms with E-state index in [4.69, 9.17) is 4.74 Å². The van der Waals surface area contributed by atoms with Crippen LogP contribution in [-0.2, 0) is 14.3 Å². The van der Waals surface area contributed by atoms with Gasteiger partial charge in [0, 0.05) is 23.7 Å². The number of ketones is 1. The van der Waals surface area contributed by atoms with Gasteiger partial charge in [0.05, 0.1) is 11.3 Å². The first-order chi connectivity index (χ1) is 15.8. The van der Waals surface area contributed by atoms with E-state index in [9.17, 15) is 28.9 Å². The van der Waals surface area contributed by atoms with Crippen molar-refractivity contribution in [1.82, 2.24) is 0 Å². The van der Waals surface area contributed by atoms with Gasteiger partial charge in [0.25, 0.3) is 5.91 Å². The molecule has 3 aromatic rings. The van der Waals surface area contributed by atoms with E-state index in [2.05, 4.69) is 5.32 Å². The van der Waals surface area contributed by atoms with Crippen LogP contribution >= 0.6 is 0 Å². The number of carbonyl (C=O) groups excluding carboxylic acids is 3. The van der Waals surface area contributed by atoms with Crippen LogP contribution in [0.1, 0.15) is 23.2 Å². The number of nitrogens with one attached hydrogen (secondary N) is 1. The van der Waals surface area contributed by atoms with Gasteiger partial charge in [-0.2, -0.15) is 4.39 Å². The SMILES string of the molecule is O=C(COC(=O)CCC(=O)c1ccc(-c2ccccc2)cc1)Nc1ccc(F)c([N+](=O)[O-])c1. The number of ether oxygens (including phenoxy) is 1. The molecule has 0 bridgehead atoms. The highest BCUT2D eigenvalue weighted by atomic mass is 19.1. The third kappa shape index (κ3) is 6.54. The van der Waals surface area contributed by atoms with E-state index in [1.807, 2.05) is 42.5 Å². The summed E-state index contributed by atoms with van der Waals surface area (Å²) in [5.41, 5.74) is 1.63. The normalized spacial score (nSPS) is 10.3. The summed E-state index contributed by atoms with van der Waals surface area (Å²) in [6.07, 6.45) is -0.302. The average Bonchev–Trinajstić information content (AvgIpc) is 2.83. The van der Waals surface area contributed by atoms with Crippen LogP contribution in [0, 0.1) is 15.9 Å². The van der Waals surface area contributed by atoms with E-state index in [-0.39, 0.29) is 24.3 Å². The lowest BCUT2D eigenvalue weighted by Gasteiger charge is -2.07. The first kappa shape index (κ1) is 23.3. The Balaban J connectivity index is 1.44. The highest BCUT2D eigenvalue weighted by Gasteiger charge is 2.16. The van der Waals surface area contributed by atoms with Crippen molar-refractivity contribution in [2.45, 2.75) is 12.8 Å². The molecule has 0 saturated carbocycles. The van der Waals surface area contributed by atoms with Crippen molar-refractivity contribution >= 4 is 29.0 Å². The third-order valence-electron chi connectivity index (χ3n) is 4.66. The maximum Gasteiger partial charge on any atom is 0.306 e. The second kappa shape index (κ2) is 10.8. The van der Waals surface area contributed by atoms with Crippen LogP contribution in [0.4, 0.5) is 15.8 Å². The standard InChI is InChI=1S/C24H19FN2O6/c25-20-11-10-19(14-21(20)27(31)32)26-23(29)15-33-24(30)13-12-22(28)18-8-6-17(7-9-18)16-4-2-1-3-5-16/h1-11,14H,12-13,15H2,(H,26,29). The van der Waals surface area contributed by atoms with Gasteiger partial charge in [-0.1, -0.05) is 54.6 Å². The number of nitro groups is 1. The van der Waals surface area contributed by atoms with Crippen molar-refractivity contribution in [1.29, 1.82) is 0 Å². The van der Waals surface area contributed by atoms with Gasteiger partial charge >= 0.3 is 11.7 Å². The van der Waals surface area contributed by atoms with Gasteiger partial charge in [0.1, 0.15) is 0 Å². The molecule has 3 aromatic carbocycles. The van der Waals surface area contributed by atoms with E-state index in [1.165, 1.54) is 0 Å². The Labute approximate surface area is 188 Å². The summed E-state index contributed by atoms with van der Waals surface area (Å²) >= 11 is 0. The monoisotopic (exact) mass is 450 g/mol. The first-order valence-electron chi connectivity index (χ1n) is 9.91. The quantitative estimate of drug-likeness (QED) is 0.221. The predicted molar refractivity (Wildman–Crippen MR) is 118 cm³/mol. The van der Waals surface area contributed by atoms with E-state index in [0.717, 1.165) is 29.3 Å². The summed E-state index contributed by atoms with van der Waals surface area (Å²) in [6, 6.07) is 19.5. The molecule has 0 heterocycles. The number of anilines is 1. The minimum absolute atomic E-state index is 0.0155. The lowest BCUT2D eigenvalue weighted by Crippen LogP contribution is -2.21. The fourth-order valence-electron chi connectivity index (χ4n) is 2.98. The minimum Gasteiger partial charge on any atom is -0.456 e. The zero-order valence-corrected chi connectivity index (χ0v) is 17.3. The number of benzene rings is 3. The number of halogens is 1. The maximum absolute atomic E-state index is 13.3. The highest BCUT2D eigenvalue weighted by Crippen LogP contribution is 2.22. The fraction of sp³-hybridized carbons (Fsp3) is 0.125. The molecule has 168 valence electrons. The van der Waals surface area contributed by atoms with Crippen LogP contribution in [-0.4, -0.2) is 29.2 Å². The molecule has 0 spiro atoms. The Hall–Kier alpha value is -4.40. The molecule has 0 aliphatic heterocycles. The van der Waals surface area contributed by atoms with Crippen LogP contribution in [0.2, 0.25) is 0 Å². The summed E-state index contributed by atoms with van der Waals surface area (Å²) in [5, 5.41) is 13.0. The molecule has 1 N–H and O–H groups in total. The number of amides is 1. The Bertz CT molecular complexity index is 1180. The molecule has 0 fully saturated rings. The van der Waals surface area contributed by atoms with Crippen LogP contribution in [0.5, 0.6) is 0 Å². The third-order valence-corrected chi connectivity index (χ3v) is 4.66. The molecule has 0 unspecified atom stereocenters. The maximum atomic E-state index is 13.3. The number of nitrogens with zero attached hydrogens (tertiary/aromatic N) is 1. The summed E-state index contributed by atoms with van der Waals surface area (Å²) in [4.78, 5) is 45.9. The number of rotatable bonds is 9. The number of esters is 1. The lowest BCUT2D eigenvalue weighted by molar-refractivity contribution is -0.387. The van der Waals surface area contributed by atoms with Crippen molar-refractivity contribution in [3.63, 3.8) is 0 Å². The predicted octanol–water partition coefficient (Wildman–Crippen LogP) is 4.55. The van der Waals surface area contributed by atoms with E-state index < -0.39 is 34.9 Å². The van der Waals surface area contributed by atoms with Crippen molar-refractivity contribution in [2.75, 3.05) is 11.9 Å². The molecule has 0 radical (unpaired) electrons. The van der Waals surface area contributed by atoms with E-state index >= 15 is 0 Å². The van der Waals surface area contributed by atoms with Gasteiger partial charge in [0.15, 0.2) is 12.4 Å². The van der Waals surface area contributed by atoms with E-state index in [1.54, 1.807) is 12.1 Å². The average molecular weight is 450 g/mol. The van der Waals surface area contributed by atoms with Crippen molar-refractivity contribution in [3.05, 3.63) is 94.3 Å². The minimum atomic E-state index is -1.04. The molecule has 0 aromatic heterocycles. The number of hydrogen-bond donors (Lipinski definition) is 1. The van der Waals surface area contributed by atoms with Gasteiger partial charge in [-0.15, -0.1) is 0 Å². The van der Waals surface area contributed by atoms with Crippen molar-refractivity contribution in [3.8, 4) is 11.1 Å². The Morgan fingerprint density at radius 3 is 2.24 bits per heavy atom. The largest absolute Gasteiger partial charge is 0.456 e. The molecule has 0 aliphatic rings. The van der Waals surface area contributed by atoms with Gasteiger partial charge in [0.2, 0.25) is 5.82 Å². The van der Waals surface area contributed by atoms with Crippen LogP contribution < -0.4 is 5.32 Å². The Kier molecular flexibility index (Phi) is 7.59. The number of nitro benzene ring substituents is 1. The Morgan fingerprint density at radius 2 is 1.58 bits per heavy atom. The molecule has 1 amide bonds. The van der Waals surface area contributed by atoms with E-state index in [0.29, 0.717) is 5.56 Å². The van der Waals surface area contributed by atoms with Gasteiger partial charge in [-0.3, -0.25) is 24.5 Å². The topological polar surface area (TPSA) is 116 Å². The zero-order valence-electron chi connectivity index (χ0n) is 17.3. The number of hydrogen-bond acceptors (Lipinski definition) is 6. The number of carbonyl (C=O) groups is 3. The molecule has 8 nitrogen and oxygen atoms in total. The molecule has 0 atom stereocenters. The van der Waals surface area contributed by atoms with Crippen LogP contribution in [0.3, 0.4) is 0 Å².